The highest BCUT2D eigenvalue weighted by molar-refractivity contribution is 7.99. The number of halogens is 2. The van der Waals surface area contributed by atoms with Crippen LogP contribution in [0.15, 0.2) is 33.2 Å². The minimum Gasteiger partial charge on any atom is -0.394 e. The van der Waals surface area contributed by atoms with Crippen molar-refractivity contribution in [2.45, 2.75) is 28.9 Å². The molecular weight excluding hydrogens is 458 g/mol. The summed E-state index contributed by atoms with van der Waals surface area (Å²) in [6.07, 6.45) is 0. The van der Waals surface area contributed by atoms with Crippen LogP contribution in [0.1, 0.15) is 12.5 Å². The summed E-state index contributed by atoms with van der Waals surface area (Å²) in [5.41, 5.74) is 0.389. The second-order valence-corrected chi connectivity index (χ2v) is 9.33. The van der Waals surface area contributed by atoms with E-state index in [-0.39, 0.29) is 40.3 Å². The summed E-state index contributed by atoms with van der Waals surface area (Å²) in [4.78, 5) is 30.5. The van der Waals surface area contributed by atoms with E-state index in [0.29, 0.717) is 22.1 Å². The summed E-state index contributed by atoms with van der Waals surface area (Å²) in [6.45, 7) is 2.40. The first kappa shape index (κ1) is 24.4. The van der Waals surface area contributed by atoms with Gasteiger partial charge < -0.3 is 20.3 Å². The summed E-state index contributed by atoms with van der Waals surface area (Å²) in [6, 6.07) is 3.65. The van der Waals surface area contributed by atoms with E-state index in [1.807, 2.05) is 19.0 Å². The monoisotopic (exact) mass is 482 g/mol. The van der Waals surface area contributed by atoms with Crippen molar-refractivity contribution in [1.29, 1.82) is 0 Å². The molecule has 0 aliphatic heterocycles. The van der Waals surface area contributed by atoms with Gasteiger partial charge in [0.25, 0.3) is 5.56 Å². The number of aliphatic hydroxyl groups excluding tert-OH is 1. The maximum absolute atomic E-state index is 14.0. The number of nitrogens with one attached hydrogen (secondary N) is 2. The van der Waals surface area contributed by atoms with Crippen LogP contribution >= 0.6 is 23.5 Å². The molecule has 0 saturated carbocycles. The lowest BCUT2D eigenvalue weighted by Gasteiger charge is -2.14. The normalized spacial score (nSPS) is 12.5. The number of aromatic amines is 1. The van der Waals surface area contributed by atoms with Crippen LogP contribution in [-0.2, 0) is 5.75 Å². The lowest BCUT2D eigenvalue weighted by atomic mass is 10.2. The van der Waals surface area contributed by atoms with E-state index in [4.69, 9.17) is 0 Å². The molecule has 0 radical (unpaired) electrons. The predicted octanol–water partition coefficient (Wildman–Crippen LogP) is 2.73. The third kappa shape index (κ3) is 6.15. The number of rotatable bonds is 10. The Hall–Kier alpha value is -2.28. The molecule has 172 valence electrons. The zero-order valence-electron chi connectivity index (χ0n) is 17.9. The number of anilines is 1. The number of fused-ring (bicyclic) bond motifs is 1. The maximum atomic E-state index is 14.0. The fraction of sp³-hybridized carbons (Fsp3) is 0.400. The van der Waals surface area contributed by atoms with Crippen molar-refractivity contribution in [2.75, 3.05) is 38.3 Å². The Balaban J connectivity index is 1.94. The zero-order chi connectivity index (χ0) is 23.3. The Morgan fingerprint density at radius 3 is 2.72 bits per heavy atom. The van der Waals surface area contributed by atoms with Crippen molar-refractivity contribution in [3.63, 3.8) is 0 Å². The molecule has 1 aromatic carbocycles. The van der Waals surface area contributed by atoms with Crippen molar-refractivity contribution in [1.82, 2.24) is 24.8 Å². The van der Waals surface area contributed by atoms with E-state index in [2.05, 4.69) is 25.3 Å². The van der Waals surface area contributed by atoms with Gasteiger partial charge in [-0.1, -0.05) is 35.7 Å². The fourth-order valence-electron chi connectivity index (χ4n) is 2.61. The van der Waals surface area contributed by atoms with E-state index in [1.54, 1.807) is 6.92 Å². The van der Waals surface area contributed by atoms with Gasteiger partial charge in [0.15, 0.2) is 33.3 Å². The average molecular weight is 483 g/mol. The summed E-state index contributed by atoms with van der Waals surface area (Å²) in [7, 11) is 3.89. The first-order chi connectivity index (χ1) is 15.3. The van der Waals surface area contributed by atoms with Crippen molar-refractivity contribution >= 4 is 40.5 Å². The largest absolute Gasteiger partial charge is 0.394 e. The zero-order valence-corrected chi connectivity index (χ0v) is 19.5. The topological polar surface area (TPSA) is 107 Å². The molecular formula is C20H24F2N6O2S2. The van der Waals surface area contributed by atoms with Crippen LogP contribution in [0.2, 0.25) is 0 Å². The predicted molar refractivity (Wildman–Crippen MR) is 123 cm³/mol. The molecule has 0 amide bonds. The van der Waals surface area contributed by atoms with Gasteiger partial charge in [-0.25, -0.2) is 23.7 Å². The van der Waals surface area contributed by atoms with E-state index < -0.39 is 11.6 Å². The van der Waals surface area contributed by atoms with Gasteiger partial charge >= 0.3 is 0 Å². The van der Waals surface area contributed by atoms with Gasteiger partial charge in [0.05, 0.1) is 6.61 Å². The first-order valence-electron chi connectivity index (χ1n) is 9.81. The summed E-state index contributed by atoms with van der Waals surface area (Å²) < 4.78 is 27.4. The first-order valence-corrected chi connectivity index (χ1v) is 11.8. The quantitative estimate of drug-likeness (QED) is 0.297. The number of thioether (sulfide) groups is 2. The highest BCUT2D eigenvalue weighted by Gasteiger charge is 2.16. The van der Waals surface area contributed by atoms with Crippen LogP contribution in [0.25, 0.3) is 11.2 Å². The molecule has 1 atom stereocenters. The SMILES string of the molecule is C[C@H](CO)Nc1nc(SCc2cccc(F)c2F)nc2[nH]c(=O)c(SCCN(C)C)nc12. The molecule has 3 N–H and O–H groups in total. The molecule has 0 bridgehead atoms. The summed E-state index contributed by atoms with van der Waals surface area (Å²) >= 11 is 2.42. The van der Waals surface area contributed by atoms with E-state index in [0.717, 1.165) is 24.4 Å². The van der Waals surface area contributed by atoms with E-state index in [9.17, 15) is 18.7 Å². The van der Waals surface area contributed by atoms with Crippen molar-refractivity contribution in [2.24, 2.45) is 0 Å². The van der Waals surface area contributed by atoms with Crippen LogP contribution in [0, 0.1) is 11.6 Å². The minimum atomic E-state index is -0.922. The molecule has 0 saturated heterocycles. The van der Waals surface area contributed by atoms with Crippen molar-refractivity contribution in [3.05, 3.63) is 45.8 Å². The minimum absolute atomic E-state index is 0.0974. The van der Waals surface area contributed by atoms with Gasteiger partial charge in [0.1, 0.15) is 5.52 Å². The van der Waals surface area contributed by atoms with Crippen LogP contribution in [-0.4, -0.2) is 69.0 Å². The third-order valence-corrected chi connectivity index (χ3v) is 6.16. The smallest absolute Gasteiger partial charge is 0.282 e. The molecule has 32 heavy (non-hydrogen) atoms. The number of hydrogen-bond acceptors (Lipinski definition) is 9. The summed E-state index contributed by atoms with van der Waals surface area (Å²) in [5.74, 6) is -0.722. The lowest BCUT2D eigenvalue weighted by Crippen LogP contribution is -2.22. The highest BCUT2D eigenvalue weighted by Crippen LogP contribution is 2.27. The number of H-pyrrole nitrogens is 1. The molecule has 0 aliphatic carbocycles. The van der Waals surface area contributed by atoms with Crippen molar-refractivity contribution in [3.8, 4) is 0 Å². The number of hydrogen-bond donors (Lipinski definition) is 3. The molecule has 0 aliphatic rings. The highest BCUT2D eigenvalue weighted by atomic mass is 32.2. The fourth-order valence-corrected chi connectivity index (χ4v) is 4.42. The maximum Gasteiger partial charge on any atom is 0.282 e. The molecule has 0 fully saturated rings. The van der Waals surface area contributed by atoms with Crippen LogP contribution in [0.4, 0.5) is 14.6 Å². The molecule has 0 unspecified atom stereocenters. The average Bonchev–Trinajstić information content (AvgIpc) is 2.75. The molecule has 3 rings (SSSR count). The molecule has 12 heteroatoms. The van der Waals surface area contributed by atoms with Gasteiger partial charge in [-0.15, -0.1) is 0 Å². The van der Waals surface area contributed by atoms with Crippen molar-refractivity contribution < 1.29 is 13.9 Å². The second kappa shape index (κ2) is 11.0. The number of aliphatic hydroxyl groups is 1. The number of aromatic nitrogens is 4. The Labute approximate surface area is 192 Å². The number of nitrogens with zero attached hydrogens (tertiary/aromatic N) is 4. The summed E-state index contributed by atoms with van der Waals surface area (Å²) in [5, 5.41) is 13.0. The molecule has 3 aromatic rings. The van der Waals surface area contributed by atoms with Crippen LogP contribution in [0.3, 0.4) is 0 Å². The standard InChI is InChI=1S/C20H24F2N6O2S2/c1-11(9-29)23-16-15-17(25-18(30)19(24-15)31-8-7-28(2)3)27-20(26-16)32-10-12-5-4-6-13(21)14(12)22/h4-6,11,29H,7-10H2,1-3H3,(H2,23,25,26,27,30)/t11-/m1/s1. The third-order valence-electron chi connectivity index (χ3n) is 4.33. The van der Waals surface area contributed by atoms with Gasteiger partial charge in [0, 0.05) is 29.7 Å². The van der Waals surface area contributed by atoms with Crippen LogP contribution < -0.4 is 10.9 Å². The molecule has 2 aromatic heterocycles. The molecule has 2 heterocycles. The Morgan fingerprint density at radius 2 is 2.00 bits per heavy atom. The van der Waals surface area contributed by atoms with Crippen LogP contribution in [0.5, 0.6) is 0 Å². The Bertz CT molecular complexity index is 1150. The second-order valence-electron chi connectivity index (χ2n) is 7.30. The van der Waals surface area contributed by atoms with E-state index >= 15 is 0 Å². The Morgan fingerprint density at radius 1 is 1.22 bits per heavy atom. The Kier molecular flexibility index (Phi) is 8.40. The van der Waals surface area contributed by atoms with E-state index in [1.165, 1.54) is 23.9 Å². The van der Waals surface area contributed by atoms with Gasteiger partial charge in [-0.05, 0) is 27.1 Å². The lowest BCUT2D eigenvalue weighted by molar-refractivity contribution is 0.281. The van der Waals surface area contributed by atoms with Gasteiger partial charge in [-0.2, -0.15) is 0 Å². The van der Waals surface area contributed by atoms with Gasteiger partial charge in [0.2, 0.25) is 0 Å². The number of benzene rings is 1. The molecule has 8 nitrogen and oxygen atoms in total. The van der Waals surface area contributed by atoms with Gasteiger partial charge in [-0.3, -0.25) is 4.79 Å². The molecule has 0 spiro atoms.